The quantitative estimate of drug-likeness (QED) is 0.230. The van der Waals surface area contributed by atoms with Crippen LogP contribution in [-0.2, 0) is 0 Å². The highest BCUT2D eigenvalue weighted by Gasteiger charge is 2.30. The number of nitrogens with zero attached hydrogens (tertiary/aromatic N) is 4. The van der Waals surface area contributed by atoms with E-state index in [0.29, 0.717) is 24.5 Å². The molecule has 1 saturated heterocycles. The molecule has 4 aromatic carbocycles. The summed E-state index contributed by atoms with van der Waals surface area (Å²) in [5.74, 6) is 1.44. The molecule has 0 aliphatic carbocycles. The van der Waals surface area contributed by atoms with Crippen molar-refractivity contribution >= 4 is 5.91 Å². The van der Waals surface area contributed by atoms with E-state index in [2.05, 4.69) is 53.4 Å². The third-order valence-electron chi connectivity index (χ3n) is 7.81. The zero-order valence-corrected chi connectivity index (χ0v) is 23.9. The van der Waals surface area contributed by atoms with Gasteiger partial charge in [0.25, 0.3) is 5.91 Å². The van der Waals surface area contributed by atoms with Gasteiger partial charge in [-0.15, -0.1) is 0 Å². The summed E-state index contributed by atoms with van der Waals surface area (Å²) in [4.78, 5) is 18.5. The number of hydrogen-bond acceptors (Lipinski definition) is 5. The average molecular weight is 559 g/mol. The van der Waals surface area contributed by atoms with Gasteiger partial charge in [0.2, 0.25) is 0 Å². The first-order valence-electron chi connectivity index (χ1n) is 14.2. The van der Waals surface area contributed by atoms with Gasteiger partial charge in [-0.05, 0) is 53.6 Å². The third kappa shape index (κ3) is 5.64. The molecule has 1 aromatic heterocycles. The summed E-state index contributed by atoms with van der Waals surface area (Å²) in [5, 5.41) is 4.88. The molecule has 1 aliphatic rings. The Labute approximate surface area is 246 Å². The molecule has 1 aliphatic heterocycles. The SMILES string of the molecule is COc1ccc(-n2nc(-c3cccc(OC)c3)cc2C(=O)N2CCN(C(c3ccccc3)c3ccccc3)CC2)cc1. The Morgan fingerprint density at radius 1 is 0.690 bits per heavy atom. The first-order chi connectivity index (χ1) is 20.6. The molecule has 42 heavy (non-hydrogen) atoms. The van der Waals surface area contributed by atoms with E-state index in [-0.39, 0.29) is 11.9 Å². The third-order valence-corrected chi connectivity index (χ3v) is 7.81. The standard InChI is InChI=1S/C35H34N4O3/c1-41-30-18-16-29(17-19-30)39-33(25-32(36-39)28-14-9-15-31(24-28)42-2)35(40)38-22-20-37(21-23-38)34(26-10-5-3-6-11-26)27-12-7-4-8-13-27/h3-19,24-25,34H,20-23H2,1-2H3. The van der Waals surface area contributed by atoms with Gasteiger partial charge < -0.3 is 14.4 Å². The van der Waals surface area contributed by atoms with E-state index in [1.807, 2.05) is 71.6 Å². The van der Waals surface area contributed by atoms with E-state index in [0.717, 1.165) is 35.8 Å². The molecule has 6 rings (SSSR count). The van der Waals surface area contributed by atoms with E-state index in [9.17, 15) is 4.79 Å². The molecule has 0 spiro atoms. The summed E-state index contributed by atoms with van der Waals surface area (Å²) in [7, 11) is 3.28. The Kier molecular flexibility index (Phi) is 8.01. The van der Waals surface area contributed by atoms with Crippen molar-refractivity contribution in [2.75, 3.05) is 40.4 Å². The highest BCUT2D eigenvalue weighted by atomic mass is 16.5. The first-order valence-corrected chi connectivity index (χ1v) is 14.2. The van der Waals surface area contributed by atoms with Gasteiger partial charge in [0.15, 0.2) is 0 Å². The fraction of sp³-hybridized carbons (Fsp3) is 0.200. The molecular weight excluding hydrogens is 524 g/mol. The van der Waals surface area contributed by atoms with Crippen molar-refractivity contribution in [3.8, 4) is 28.4 Å². The van der Waals surface area contributed by atoms with Crippen molar-refractivity contribution in [1.29, 1.82) is 0 Å². The first kappa shape index (κ1) is 27.3. The molecule has 7 nitrogen and oxygen atoms in total. The molecular formula is C35H34N4O3. The summed E-state index contributed by atoms with van der Waals surface area (Å²) in [6.45, 7) is 2.77. The molecule has 0 saturated carbocycles. The van der Waals surface area contributed by atoms with Gasteiger partial charge in [0.1, 0.15) is 17.2 Å². The lowest BCUT2D eigenvalue weighted by Crippen LogP contribution is -2.50. The normalized spacial score (nSPS) is 13.7. The maximum Gasteiger partial charge on any atom is 0.272 e. The van der Waals surface area contributed by atoms with Gasteiger partial charge in [0.05, 0.1) is 31.6 Å². The van der Waals surface area contributed by atoms with Crippen LogP contribution in [0.1, 0.15) is 27.7 Å². The Hall–Kier alpha value is -4.88. The summed E-state index contributed by atoms with van der Waals surface area (Å²) >= 11 is 0. The minimum absolute atomic E-state index is 0.0388. The predicted octanol–water partition coefficient (Wildman–Crippen LogP) is 6.10. The zero-order chi connectivity index (χ0) is 28.9. The summed E-state index contributed by atoms with van der Waals surface area (Å²) in [6, 6.07) is 38.5. The monoisotopic (exact) mass is 558 g/mol. The van der Waals surface area contributed by atoms with Crippen LogP contribution in [0.25, 0.3) is 16.9 Å². The van der Waals surface area contributed by atoms with Crippen molar-refractivity contribution in [2.45, 2.75) is 6.04 Å². The minimum atomic E-state index is -0.0388. The molecule has 0 atom stereocenters. The molecule has 0 N–H and O–H groups in total. The molecule has 212 valence electrons. The van der Waals surface area contributed by atoms with Crippen LogP contribution >= 0.6 is 0 Å². The number of aromatic nitrogens is 2. The van der Waals surface area contributed by atoms with Crippen LogP contribution in [0.15, 0.2) is 115 Å². The van der Waals surface area contributed by atoms with Crippen molar-refractivity contribution in [2.24, 2.45) is 0 Å². The van der Waals surface area contributed by atoms with E-state index in [1.54, 1.807) is 18.9 Å². The van der Waals surface area contributed by atoms with Crippen molar-refractivity contribution in [1.82, 2.24) is 19.6 Å². The van der Waals surface area contributed by atoms with Gasteiger partial charge in [-0.2, -0.15) is 5.10 Å². The zero-order valence-electron chi connectivity index (χ0n) is 23.9. The van der Waals surface area contributed by atoms with E-state index < -0.39 is 0 Å². The van der Waals surface area contributed by atoms with Crippen molar-refractivity contribution < 1.29 is 14.3 Å². The fourth-order valence-electron chi connectivity index (χ4n) is 5.61. The minimum Gasteiger partial charge on any atom is -0.497 e. The number of rotatable bonds is 8. The van der Waals surface area contributed by atoms with E-state index >= 15 is 0 Å². The molecule has 0 bridgehead atoms. The number of carbonyl (C=O) groups is 1. The van der Waals surface area contributed by atoms with Crippen LogP contribution < -0.4 is 9.47 Å². The molecule has 1 fully saturated rings. The Morgan fingerprint density at radius 2 is 1.31 bits per heavy atom. The largest absolute Gasteiger partial charge is 0.497 e. The smallest absolute Gasteiger partial charge is 0.272 e. The van der Waals surface area contributed by atoms with Crippen LogP contribution in [-0.4, -0.2) is 65.9 Å². The van der Waals surface area contributed by atoms with Gasteiger partial charge in [-0.25, -0.2) is 4.68 Å². The molecule has 1 amide bonds. The fourth-order valence-corrected chi connectivity index (χ4v) is 5.61. The topological polar surface area (TPSA) is 59.8 Å². The number of methoxy groups -OCH3 is 2. The molecule has 5 aromatic rings. The van der Waals surface area contributed by atoms with Crippen LogP contribution in [0.4, 0.5) is 0 Å². The van der Waals surface area contributed by atoms with Crippen LogP contribution in [0.3, 0.4) is 0 Å². The number of benzene rings is 4. The Morgan fingerprint density at radius 3 is 1.90 bits per heavy atom. The molecule has 2 heterocycles. The lowest BCUT2D eigenvalue weighted by atomic mass is 9.96. The van der Waals surface area contributed by atoms with Crippen molar-refractivity contribution in [3.63, 3.8) is 0 Å². The lowest BCUT2D eigenvalue weighted by molar-refractivity contribution is 0.0588. The maximum atomic E-state index is 14.1. The highest BCUT2D eigenvalue weighted by Crippen LogP contribution is 2.31. The highest BCUT2D eigenvalue weighted by molar-refractivity contribution is 5.94. The van der Waals surface area contributed by atoms with Crippen LogP contribution in [0.5, 0.6) is 11.5 Å². The molecule has 0 unspecified atom stereocenters. The number of carbonyl (C=O) groups excluding carboxylic acids is 1. The number of hydrogen-bond donors (Lipinski definition) is 0. The number of piperazine rings is 1. The second-order valence-electron chi connectivity index (χ2n) is 10.3. The predicted molar refractivity (Wildman–Crippen MR) is 164 cm³/mol. The van der Waals surface area contributed by atoms with Gasteiger partial charge in [0, 0.05) is 31.7 Å². The van der Waals surface area contributed by atoms with Crippen LogP contribution in [0.2, 0.25) is 0 Å². The summed E-state index contributed by atoms with van der Waals surface area (Å²) < 4.78 is 12.5. The molecule has 0 radical (unpaired) electrons. The maximum absolute atomic E-state index is 14.1. The number of amides is 1. The van der Waals surface area contributed by atoms with Gasteiger partial charge in [-0.3, -0.25) is 9.69 Å². The van der Waals surface area contributed by atoms with Gasteiger partial charge >= 0.3 is 0 Å². The van der Waals surface area contributed by atoms with Gasteiger partial charge in [-0.1, -0.05) is 72.8 Å². The summed E-state index contributed by atoms with van der Waals surface area (Å²) in [5.41, 5.74) is 5.41. The second kappa shape index (κ2) is 12.3. The Balaban J connectivity index is 1.28. The Bertz CT molecular complexity index is 1590. The van der Waals surface area contributed by atoms with E-state index in [1.165, 1.54) is 11.1 Å². The van der Waals surface area contributed by atoms with E-state index in [4.69, 9.17) is 14.6 Å². The second-order valence-corrected chi connectivity index (χ2v) is 10.3. The average Bonchev–Trinajstić information content (AvgIpc) is 3.52. The molecule has 7 heteroatoms. The van der Waals surface area contributed by atoms with Crippen molar-refractivity contribution in [3.05, 3.63) is 132 Å². The number of ether oxygens (including phenoxy) is 2. The lowest BCUT2D eigenvalue weighted by Gasteiger charge is -2.39. The summed E-state index contributed by atoms with van der Waals surface area (Å²) in [6.07, 6.45) is 0. The van der Waals surface area contributed by atoms with Crippen LogP contribution in [0, 0.1) is 0 Å².